The van der Waals surface area contributed by atoms with Crippen molar-refractivity contribution in [2.75, 3.05) is 25.9 Å². The maximum absolute atomic E-state index is 12.8. The van der Waals surface area contributed by atoms with E-state index in [0.29, 0.717) is 35.1 Å². The van der Waals surface area contributed by atoms with Crippen LogP contribution in [0.15, 0.2) is 18.3 Å². The molecule has 0 unspecified atom stereocenters. The number of pyridine rings is 1. The van der Waals surface area contributed by atoms with Crippen molar-refractivity contribution in [2.45, 2.75) is 69.6 Å². The van der Waals surface area contributed by atoms with Gasteiger partial charge in [-0.1, -0.05) is 0 Å². The molecule has 2 aromatic heterocycles. The molecule has 2 aliphatic carbocycles. The van der Waals surface area contributed by atoms with Crippen LogP contribution >= 0.6 is 0 Å². The predicted molar refractivity (Wildman–Crippen MR) is 121 cm³/mol. The Balaban J connectivity index is 1.21. The van der Waals surface area contributed by atoms with Gasteiger partial charge in [0, 0.05) is 60.6 Å². The van der Waals surface area contributed by atoms with E-state index in [1.165, 1.54) is 50.3 Å². The molecule has 4 aliphatic rings. The van der Waals surface area contributed by atoms with Crippen LogP contribution in [-0.2, 0) is 0 Å². The highest BCUT2D eigenvalue weighted by atomic mass is 19.4. The summed E-state index contributed by atoms with van der Waals surface area (Å²) in [6, 6.07) is 5.58. The Bertz CT molecular complexity index is 1090. The second kappa shape index (κ2) is 7.58. The number of fused-ring (bicyclic) bond motifs is 3. The number of likely N-dealkylation sites (tertiary alicyclic amines) is 2. The van der Waals surface area contributed by atoms with Crippen LogP contribution in [0.25, 0.3) is 11.3 Å². The normalized spacial score (nSPS) is 33.1. The number of aromatic nitrogens is 3. The number of likely N-dealkylation sites (N-methyl/N-ethyl adjacent to an activating group) is 1. The van der Waals surface area contributed by atoms with Crippen LogP contribution in [0.1, 0.15) is 50.8 Å². The summed E-state index contributed by atoms with van der Waals surface area (Å²) in [4.78, 5) is 9.18. The average Bonchev–Trinajstić information content (AvgIpc) is 3.28. The molecule has 6 rings (SSSR count). The lowest BCUT2D eigenvalue weighted by Crippen LogP contribution is -2.48. The Morgan fingerprint density at radius 1 is 1.06 bits per heavy atom. The molecule has 2 saturated heterocycles. The first-order valence-corrected chi connectivity index (χ1v) is 12.2. The number of nitrogens with two attached hydrogens (primary N) is 1. The second-order valence-corrected chi connectivity index (χ2v) is 10.8. The third-order valence-electron chi connectivity index (χ3n) is 8.44. The van der Waals surface area contributed by atoms with Crippen molar-refractivity contribution >= 4 is 5.82 Å². The van der Waals surface area contributed by atoms with E-state index in [2.05, 4.69) is 40.4 Å². The maximum Gasteiger partial charge on any atom is 0.573 e. The fourth-order valence-corrected chi connectivity index (χ4v) is 6.88. The third-order valence-corrected chi connectivity index (χ3v) is 8.44. The largest absolute Gasteiger partial charge is 0.573 e. The summed E-state index contributed by atoms with van der Waals surface area (Å²) in [5, 5.41) is 4.75. The first kappa shape index (κ1) is 22.2. The van der Waals surface area contributed by atoms with Gasteiger partial charge in [0.15, 0.2) is 11.6 Å². The minimum Gasteiger partial charge on any atom is -0.402 e. The molecule has 2 bridgehead atoms. The van der Waals surface area contributed by atoms with Crippen LogP contribution in [0.4, 0.5) is 19.0 Å². The minimum absolute atomic E-state index is 0.151. The SMILES string of the molecule is CC(C)n1nc(-c2cnc(N)c(OC(F)(F)F)c2)cc1[C@H]1[C@@H]2C[C@H](N3C[C@@H]4C[C@H]3CN4C)C[C@@H]21. The average molecular weight is 477 g/mol. The van der Waals surface area contributed by atoms with E-state index >= 15 is 0 Å². The predicted octanol–water partition coefficient (Wildman–Crippen LogP) is 3.89. The molecule has 34 heavy (non-hydrogen) atoms. The molecule has 4 heterocycles. The molecule has 0 aromatic carbocycles. The van der Waals surface area contributed by atoms with Gasteiger partial charge in [-0.15, -0.1) is 13.2 Å². The summed E-state index contributed by atoms with van der Waals surface area (Å²) < 4.78 is 44.4. The Hall–Kier alpha value is -2.33. The van der Waals surface area contributed by atoms with Crippen molar-refractivity contribution in [1.29, 1.82) is 0 Å². The molecule has 2 aliphatic heterocycles. The Labute approximate surface area is 197 Å². The third kappa shape index (κ3) is 3.66. The summed E-state index contributed by atoms with van der Waals surface area (Å²) in [5.74, 6) is 1.00. The standard InChI is InChI=1S/C24H31F3N6O/c1-12(2)33-20(8-19(30-33)13-4-21(23(28)29-9-13)34-24(25,26)27)22-17-6-14(7-18(17)22)32-11-15-5-16(32)10-31(15)3/h4,8-9,12,14-18,22H,5-7,10-11H2,1-3H3,(H2,28,29)/t14-,15-,16-,17+,18-,22-/m0/s1. The van der Waals surface area contributed by atoms with Crippen LogP contribution < -0.4 is 10.5 Å². The molecule has 4 fully saturated rings. The summed E-state index contributed by atoms with van der Waals surface area (Å²) in [6.07, 6.45) is 0.397. The molecule has 0 radical (unpaired) electrons. The first-order valence-electron chi connectivity index (χ1n) is 12.2. The number of anilines is 1. The quantitative estimate of drug-likeness (QED) is 0.706. The van der Waals surface area contributed by atoms with E-state index in [1.54, 1.807) is 0 Å². The van der Waals surface area contributed by atoms with Gasteiger partial charge in [-0.3, -0.25) is 9.58 Å². The van der Waals surface area contributed by atoms with Crippen LogP contribution in [0.2, 0.25) is 0 Å². The van der Waals surface area contributed by atoms with Gasteiger partial charge in [0.1, 0.15) is 0 Å². The number of hydrogen-bond donors (Lipinski definition) is 1. The summed E-state index contributed by atoms with van der Waals surface area (Å²) >= 11 is 0. The zero-order valence-electron chi connectivity index (χ0n) is 19.7. The number of rotatable bonds is 5. The fourth-order valence-electron chi connectivity index (χ4n) is 6.88. The highest BCUT2D eigenvalue weighted by molar-refractivity contribution is 5.64. The summed E-state index contributed by atoms with van der Waals surface area (Å²) in [5.41, 5.74) is 7.85. The smallest absolute Gasteiger partial charge is 0.402 e. The van der Waals surface area contributed by atoms with Crippen LogP contribution in [0.5, 0.6) is 5.75 Å². The topological polar surface area (TPSA) is 72.4 Å². The molecule has 2 aromatic rings. The van der Waals surface area contributed by atoms with Gasteiger partial charge in [-0.2, -0.15) is 5.10 Å². The molecule has 7 nitrogen and oxygen atoms in total. The second-order valence-electron chi connectivity index (χ2n) is 10.8. The molecule has 6 atom stereocenters. The van der Waals surface area contributed by atoms with Crippen molar-refractivity contribution in [1.82, 2.24) is 24.6 Å². The molecule has 0 amide bonds. The Morgan fingerprint density at radius 3 is 2.38 bits per heavy atom. The molecule has 10 heteroatoms. The lowest BCUT2D eigenvalue weighted by atomic mass is 10.0. The van der Waals surface area contributed by atoms with Gasteiger partial charge in [0.05, 0.1) is 5.69 Å². The minimum atomic E-state index is -4.83. The zero-order chi connectivity index (χ0) is 23.9. The first-order chi connectivity index (χ1) is 16.1. The molecule has 184 valence electrons. The highest BCUT2D eigenvalue weighted by Gasteiger charge is 2.60. The van der Waals surface area contributed by atoms with Crippen molar-refractivity contribution < 1.29 is 17.9 Å². The number of alkyl halides is 3. The molecular formula is C24H31F3N6O. The lowest BCUT2D eigenvalue weighted by Gasteiger charge is -2.37. The van der Waals surface area contributed by atoms with E-state index < -0.39 is 12.1 Å². The monoisotopic (exact) mass is 476 g/mol. The van der Waals surface area contributed by atoms with E-state index in [4.69, 9.17) is 10.8 Å². The number of piperazine rings is 1. The number of ether oxygens (including phenoxy) is 1. The van der Waals surface area contributed by atoms with E-state index in [9.17, 15) is 13.2 Å². The maximum atomic E-state index is 12.8. The van der Waals surface area contributed by atoms with Gasteiger partial charge >= 0.3 is 6.36 Å². The van der Waals surface area contributed by atoms with Crippen molar-refractivity contribution in [3.63, 3.8) is 0 Å². The molecule has 2 saturated carbocycles. The number of nitrogens with zero attached hydrogens (tertiary/aromatic N) is 5. The highest BCUT2D eigenvalue weighted by Crippen LogP contribution is 2.64. The van der Waals surface area contributed by atoms with Gasteiger partial charge < -0.3 is 15.4 Å². The van der Waals surface area contributed by atoms with Crippen LogP contribution in [0.3, 0.4) is 0 Å². The zero-order valence-corrected chi connectivity index (χ0v) is 19.7. The Morgan fingerprint density at radius 2 is 1.79 bits per heavy atom. The van der Waals surface area contributed by atoms with Gasteiger partial charge in [0.25, 0.3) is 0 Å². The van der Waals surface area contributed by atoms with Crippen LogP contribution in [0, 0.1) is 11.8 Å². The summed E-state index contributed by atoms with van der Waals surface area (Å²) in [7, 11) is 2.24. The van der Waals surface area contributed by atoms with Gasteiger partial charge in [0.2, 0.25) is 0 Å². The van der Waals surface area contributed by atoms with Crippen molar-refractivity contribution in [3.05, 3.63) is 24.0 Å². The summed E-state index contributed by atoms with van der Waals surface area (Å²) in [6.45, 7) is 6.56. The van der Waals surface area contributed by atoms with E-state index in [-0.39, 0.29) is 11.9 Å². The number of nitrogen functional groups attached to an aromatic ring is 1. The number of halogens is 3. The molecule has 0 spiro atoms. The fraction of sp³-hybridized carbons (Fsp3) is 0.667. The molecule has 2 N–H and O–H groups in total. The van der Waals surface area contributed by atoms with E-state index in [1.807, 2.05) is 10.7 Å². The molecular weight excluding hydrogens is 445 g/mol. The van der Waals surface area contributed by atoms with Crippen molar-refractivity contribution in [3.8, 4) is 17.0 Å². The Kier molecular flexibility index (Phi) is 4.94. The van der Waals surface area contributed by atoms with Gasteiger partial charge in [-0.05, 0) is 64.1 Å². The van der Waals surface area contributed by atoms with Gasteiger partial charge in [-0.25, -0.2) is 4.98 Å². The van der Waals surface area contributed by atoms with Crippen molar-refractivity contribution in [2.24, 2.45) is 11.8 Å². The van der Waals surface area contributed by atoms with E-state index in [0.717, 1.165) is 12.1 Å². The number of hydrogen-bond acceptors (Lipinski definition) is 6. The van der Waals surface area contributed by atoms with Crippen LogP contribution in [-0.4, -0.2) is 69.2 Å². The lowest BCUT2D eigenvalue weighted by molar-refractivity contribution is -0.274.